The molecule has 1 aliphatic rings. The SMILES string of the molecule is CNC(=O)c1cn(C)c2ccc(N3CCCc4cc(-c5cnn(C)c5)c(C(F)F)cc43)cc12. The van der Waals surface area contributed by atoms with Crippen LogP contribution in [0.3, 0.4) is 0 Å². The number of aromatic nitrogens is 3. The highest BCUT2D eigenvalue weighted by Crippen LogP contribution is 2.42. The Labute approximate surface area is 190 Å². The van der Waals surface area contributed by atoms with Gasteiger partial charge in [0, 0.05) is 73.5 Å². The zero-order chi connectivity index (χ0) is 23.3. The van der Waals surface area contributed by atoms with E-state index in [1.807, 2.05) is 42.1 Å². The van der Waals surface area contributed by atoms with E-state index >= 15 is 0 Å². The molecule has 3 heterocycles. The maximum atomic E-state index is 14.1. The predicted molar refractivity (Wildman–Crippen MR) is 125 cm³/mol. The standard InChI is InChI=1S/C25H25F2N5O/c1-28-25(33)21-14-30(2)22-7-6-17(10-19(21)22)32-8-4-5-15-9-18(16-12-29-31(3)13-16)20(24(26)27)11-23(15)32/h6-7,9-14,24H,4-5,8H2,1-3H3,(H,28,33). The van der Waals surface area contributed by atoms with Crippen LogP contribution in [-0.2, 0) is 20.5 Å². The number of carbonyl (C=O) groups excluding carboxylic acids is 1. The van der Waals surface area contributed by atoms with Crippen LogP contribution in [-0.4, -0.2) is 33.8 Å². The number of nitrogens with zero attached hydrogens (tertiary/aromatic N) is 4. The molecule has 0 atom stereocenters. The Morgan fingerprint density at radius 2 is 1.97 bits per heavy atom. The van der Waals surface area contributed by atoms with Crippen molar-refractivity contribution in [2.24, 2.45) is 14.1 Å². The molecule has 0 radical (unpaired) electrons. The summed E-state index contributed by atoms with van der Waals surface area (Å²) in [6.07, 6.45) is 4.32. The number of rotatable bonds is 4. The van der Waals surface area contributed by atoms with Crippen LogP contribution in [0, 0.1) is 0 Å². The molecule has 33 heavy (non-hydrogen) atoms. The van der Waals surface area contributed by atoms with Gasteiger partial charge in [-0.3, -0.25) is 9.48 Å². The van der Waals surface area contributed by atoms with Gasteiger partial charge in [0.1, 0.15) is 0 Å². The molecule has 1 N–H and O–H groups in total. The summed E-state index contributed by atoms with van der Waals surface area (Å²) >= 11 is 0. The topological polar surface area (TPSA) is 55.1 Å². The fourth-order valence-electron chi connectivity index (χ4n) is 4.77. The van der Waals surface area contributed by atoms with Crippen molar-refractivity contribution in [3.63, 3.8) is 0 Å². The van der Waals surface area contributed by atoms with E-state index in [0.717, 1.165) is 47.2 Å². The van der Waals surface area contributed by atoms with Gasteiger partial charge in [-0.05, 0) is 54.3 Å². The van der Waals surface area contributed by atoms with Gasteiger partial charge in [-0.25, -0.2) is 8.78 Å². The number of nitrogens with one attached hydrogen (secondary N) is 1. The molecule has 8 heteroatoms. The minimum absolute atomic E-state index is 0.000453. The molecule has 0 unspecified atom stereocenters. The summed E-state index contributed by atoms with van der Waals surface area (Å²) in [6, 6.07) is 9.45. The molecule has 6 nitrogen and oxygen atoms in total. The van der Waals surface area contributed by atoms with Gasteiger partial charge in [-0.15, -0.1) is 0 Å². The molecule has 1 amide bonds. The van der Waals surface area contributed by atoms with E-state index in [0.29, 0.717) is 16.7 Å². The van der Waals surface area contributed by atoms with Crippen molar-refractivity contribution in [3.05, 3.63) is 65.6 Å². The largest absolute Gasteiger partial charge is 0.355 e. The number of aryl methyl sites for hydroxylation is 3. The molecule has 5 rings (SSSR count). The summed E-state index contributed by atoms with van der Waals surface area (Å²) in [6.45, 7) is 0.718. The molecule has 2 aromatic carbocycles. The van der Waals surface area contributed by atoms with E-state index in [4.69, 9.17) is 0 Å². The van der Waals surface area contributed by atoms with E-state index in [9.17, 15) is 13.6 Å². The number of amides is 1. The summed E-state index contributed by atoms with van der Waals surface area (Å²) in [7, 11) is 5.29. The number of alkyl halides is 2. The molecule has 1 aliphatic heterocycles. The van der Waals surface area contributed by atoms with Crippen LogP contribution in [0.5, 0.6) is 0 Å². The van der Waals surface area contributed by atoms with Crippen LogP contribution < -0.4 is 10.2 Å². The molecule has 2 aromatic heterocycles. The number of carbonyl (C=O) groups is 1. The zero-order valence-corrected chi connectivity index (χ0v) is 18.8. The Kier molecular flexibility index (Phi) is 5.15. The summed E-state index contributed by atoms with van der Waals surface area (Å²) in [5, 5.41) is 7.68. The van der Waals surface area contributed by atoms with Gasteiger partial charge in [0.2, 0.25) is 0 Å². The Bertz CT molecular complexity index is 1370. The number of hydrogen-bond donors (Lipinski definition) is 1. The number of halogens is 2. The highest BCUT2D eigenvalue weighted by Gasteiger charge is 2.25. The second-order valence-corrected chi connectivity index (χ2v) is 8.46. The van der Waals surface area contributed by atoms with Gasteiger partial charge < -0.3 is 14.8 Å². The molecule has 0 saturated carbocycles. The first-order chi connectivity index (χ1) is 15.9. The number of fused-ring (bicyclic) bond motifs is 2. The predicted octanol–water partition coefficient (Wildman–Crippen LogP) is 4.96. The van der Waals surface area contributed by atoms with Crippen molar-refractivity contribution >= 4 is 28.2 Å². The highest BCUT2D eigenvalue weighted by molar-refractivity contribution is 6.07. The normalized spacial score (nSPS) is 13.6. The molecule has 0 saturated heterocycles. The number of benzene rings is 2. The van der Waals surface area contributed by atoms with E-state index in [1.54, 1.807) is 37.2 Å². The zero-order valence-electron chi connectivity index (χ0n) is 18.8. The smallest absolute Gasteiger partial charge is 0.264 e. The second kappa shape index (κ2) is 8.03. The Morgan fingerprint density at radius 3 is 2.67 bits per heavy atom. The molecule has 0 bridgehead atoms. The molecule has 0 fully saturated rings. The van der Waals surface area contributed by atoms with Crippen LogP contribution in [0.1, 0.15) is 34.3 Å². The van der Waals surface area contributed by atoms with Crippen molar-refractivity contribution in [2.75, 3.05) is 18.5 Å². The molecule has 4 aromatic rings. The van der Waals surface area contributed by atoms with Crippen molar-refractivity contribution in [3.8, 4) is 11.1 Å². The lowest BCUT2D eigenvalue weighted by Gasteiger charge is -2.32. The van der Waals surface area contributed by atoms with Crippen molar-refractivity contribution in [1.29, 1.82) is 0 Å². The van der Waals surface area contributed by atoms with E-state index in [1.165, 1.54) is 0 Å². The maximum absolute atomic E-state index is 14.1. The van der Waals surface area contributed by atoms with Gasteiger partial charge in [0.15, 0.2) is 0 Å². The molecular weight excluding hydrogens is 424 g/mol. The Balaban J connectivity index is 1.64. The first kappa shape index (κ1) is 21.2. The minimum Gasteiger partial charge on any atom is -0.355 e. The first-order valence-corrected chi connectivity index (χ1v) is 10.9. The number of anilines is 2. The maximum Gasteiger partial charge on any atom is 0.264 e. The Morgan fingerprint density at radius 1 is 1.15 bits per heavy atom. The molecule has 0 aliphatic carbocycles. The quantitative estimate of drug-likeness (QED) is 0.479. The van der Waals surface area contributed by atoms with E-state index in [-0.39, 0.29) is 11.5 Å². The van der Waals surface area contributed by atoms with Crippen molar-refractivity contribution in [2.45, 2.75) is 19.3 Å². The van der Waals surface area contributed by atoms with Crippen LogP contribution in [0.25, 0.3) is 22.0 Å². The van der Waals surface area contributed by atoms with Crippen LogP contribution >= 0.6 is 0 Å². The lowest BCUT2D eigenvalue weighted by atomic mass is 9.92. The van der Waals surface area contributed by atoms with Crippen LogP contribution in [0.15, 0.2) is 48.9 Å². The molecule has 170 valence electrons. The van der Waals surface area contributed by atoms with Crippen molar-refractivity contribution < 1.29 is 13.6 Å². The van der Waals surface area contributed by atoms with Crippen LogP contribution in [0.2, 0.25) is 0 Å². The lowest BCUT2D eigenvalue weighted by Crippen LogP contribution is -2.25. The average molecular weight is 450 g/mol. The minimum atomic E-state index is -2.61. The third kappa shape index (κ3) is 3.55. The van der Waals surface area contributed by atoms with Gasteiger partial charge in [-0.2, -0.15) is 5.10 Å². The second-order valence-electron chi connectivity index (χ2n) is 8.46. The fraction of sp³-hybridized carbons (Fsp3) is 0.280. The van der Waals surface area contributed by atoms with E-state index < -0.39 is 6.43 Å². The summed E-state index contributed by atoms with van der Waals surface area (Å²) in [5.74, 6) is -0.155. The van der Waals surface area contributed by atoms with Gasteiger partial charge in [0.25, 0.3) is 12.3 Å². The Hall–Kier alpha value is -3.68. The van der Waals surface area contributed by atoms with Gasteiger partial charge in [-0.1, -0.05) is 0 Å². The van der Waals surface area contributed by atoms with Crippen molar-refractivity contribution in [1.82, 2.24) is 19.7 Å². The number of hydrogen-bond acceptors (Lipinski definition) is 3. The third-order valence-corrected chi connectivity index (χ3v) is 6.38. The van der Waals surface area contributed by atoms with Gasteiger partial charge in [0.05, 0.1) is 11.8 Å². The summed E-state index contributed by atoms with van der Waals surface area (Å²) in [4.78, 5) is 14.5. The van der Waals surface area contributed by atoms with Crippen LogP contribution in [0.4, 0.5) is 20.2 Å². The summed E-state index contributed by atoms with van der Waals surface area (Å²) < 4.78 is 31.8. The molecule has 0 spiro atoms. The summed E-state index contributed by atoms with van der Waals surface area (Å²) in [5.41, 5.74) is 5.46. The van der Waals surface area contributed by atoms with Gasteiger partial charge >= 0.3 is 0 Å². The first-order valence-electron chi connectivity index (χ1n) is 10.9. The fourth-order valence-corrected chi connectivity index (χ4v) is 4.77. The third-order valence-electron chi connectivity index (χ3n) is 6.38. The highest BCUT2D eigenvalue weighted by atomic mass is 19.3. The monoisotopic (exact) mass is 449 g/mol. The lowest BCUT2D eigenvalue weighted by molar-refractivity contribution is 0.0964. The average Bonchev–Trinajstić information content (AvgIpc) is 3.40. The van der Waals surface area contributed by atoms with E-state index in [2.05, 4.69) is 15.3 Å². The molecular formula is C25H25F2N5O.